The Morgan fingerprint density at radius 3 is 2.37 bits per heavy atom. The Balaban J connectivity index is 3.02. The lowest BCUT2D eigenvalue weighted by Crippen LogP contribution is -2.44. The maximum Gasteiger partial charge on any atom is 0.249 e. The third-order valence-electron chi connectivity index (χ3n) is 3.11. The highest BCUT2D eigenvalue weighted by Crippen LogP contribution is 2.18. The van der Waals surface area contributed by atoms with Crippen molar-refractivity contribution in [3.63, 3.8) is 0 Å². The number of nitrogens with zero attached hydrogens (tertiary/aromatic N) is 2. The fourth-order valence-electron chi connectivity index (χ4n) is 1.55. The number of aliphatic imine (C=N–C) groups is 1. The van der Waals surface area contributed by atoms with Crippen LogP contribution in [-0.2, 0) is 9.59 Å². The number of nitrogens with one attached hydrogen (secondary N) is 1. The molecule has 1 aliphatic rings. The van der Waals surface area contributed by atoms with Crippen LogP contribution in [0.2, 0.25) is 0 Å². The average molecular weight is 261 g/mol. The van der Waals surface area contributed by atoms with Gasteiger partial charge in [-0.1, -0.05) is 13.2 Å². The van der Waals surface area contributed by atoms with Crippen LogP contribution in [0.3, 0.4) is 0 Å². The van der Waals surface area contributed by atoms with Crippen molar-refractivity contribution in [3.8, 4) is 0 Å². The lowest BCUT2D eigenvalue weighted by Gasteiger charge is -2.24. The van der Waals surface area contributed by atoms with E-state index in [4.69, 9.17) is 0 Å². The van der Waals surface area contributed by atoms with Crippen molar-refractivity contribution in [3.05, 3.63) is 36.1 Å². The summed E-state index contributed by atoms with van der Waals surface area (Å²) < 4.78 is 0. The van der Waals surface area contributed by atoms with Crippen molar-refractivity contribution in [2.24, 2.45) is 4.99 Å². The second-order valence-corrected chi connectivity index (χ2v) is 4.59. The minimum absolute atomic E-state index is 0.00723. The summed E-state index contributed by atoms with van der Waals surface area (Å²) in [6.45, 7) is 9.19. The highest BCUT2D eigenvalue weighted by atomic mass is 16.2. The molecule has 1 aliphatic carbocycles. The quantitative estimate of drug-likeness (QED) is 0.352. The smallest absolute Gasteiger partial charge is 0.249 e. The van der Waals surface area contributed by atoms with Crippen molar-refractivity contribution in [1.82, 2.24) is 10.2 Å². The molecule has 0 radical (unpaired) electrons. The molecule has 0 bridgehead atoms. The van der Waals surface area contributed by atoms with Crippen LogP contribution in [0.15, 0.2) is 41.1 Å². The van der Waals surface area contributed by atoms with Gasteiger partial charge in [-0.2, -0.15) is 0 Å². The largest absolute Gasteiger partial charge is 0.339 e. The Morgan fingerprint density at radius 2 is 1.89 bits per heavy atom. The van der Waals surface area contributed by atoms with Crippen LogP contribution in [-0.4, -0.2) is 49.5 Å². The second-order valence-electron chi connectivity index (χ2n) is 4.59. The first kappa shape index (κ1) is 15.0. The molecule has 102 valence electrons. The highest BCUT2D eigenvalue weighted by Gasteiger charge is 2.29. The Bertz CT molecular complexity index is 513. The van der Waals surface area contributed by atoms with Gasteiger partial charge < -0.3 is 5.32 Å². The van der Waals surface area contributed by atoms with Crippen LogP contribution in [0.25, 0.3) is 0 Å². The van der Waals surface area contributed by atoms with Crippen LogP contribution in [0.4, 0.5) is 0 Å². The van der Waals surface area contributed by atoms with E-state index >= 15 is 0 Å². The van der Waals surface area contributed by atoms with E-state index in [1.807, 2.05) is 25.9 Å². The van der Waals surface area contributed by atoms with E-state index in [0.717, 1.165) is 0 Å². The Labute approximate surface area is 113 Å². The molecular weight excluding hydrogens is 242 g/mol. The van der Waals surface area contributed by atoms with Gasteiger partial charge in [0.2, 0.25) is 11.6 Å². The molecule has 5 heteroatoms. The van der Waals surface area contributed by atoms with Crippen LogP contribution in [0.1, 0.15) is 6.92 Å². The van der Waals surface area contributed by atoms with Gasteiger partial charge in [0.25, 0.3) is 0 Å². The van der Waals surface area contributed by atoms with Gasteiger partial charge in [0.05, 0.1) is 11.7 Å². The van der Waals surface area contributed by atoms with E-state index in [1.54, 1.807) is 7.05 Å². The summed E-state index contributed by atoms with van der Waals surface area (Å²) in [5.74, 6) is -0.620. The van der Waals surface area contributed by atoms with Gasteiger partial charge in [-0.05, 0) is 32.7 Å². The maximum atomic E-state index is 11.9. The van der Waals surface area contributed by atoms with Crippen molar-refractivity contribution < 1.29 is 9.59 Å². The first-order chi connectivity index (χ1) is 8.79. The van der Waals surface area contributed by atoms with E-state index in [0.29, 0.717) is 11.4 Å². The summed E-state index contributed by atoms with van der Waals surface area (Å²) in [6.07, 6.45) is 1.53. The number of ketones is 2. The fraction of sp³-hybridized carbons (Fsp3) is 0.357. The maximum absolute atomic E-state index is 11.9. The summed E-state index contributed by atoms with van der Waals surface area (Å²) in [7, 11) is 5.44. The summed E-state index contributed by atoms with van der Waals surface area (Å²) in [4.78, 5) is 29.6. The predicted octanol–water partition coefficient (Wildman–Crippen LogP) is 0.703. The van der Waals surface area contributed by atoms with Gasteiger partial charge >= 0.3 is 0 Å². The number of hydrogen-bond acceptors (Lipinski definition) is 4. The van der Waals surface area contributed by atoms with Crippen molar-refractivity contribution in [1.29, 1.82) is 0 Å². The number of carbonyl (C=O) groups is 2. The molecule has 0 aromatic heterocycles. The van der Waals surface area contributed by atoms with E-state index in [2.05, 4.69) is 23.5 Å². The number of allylic oxidation sites excluding steroid dienone is 4. The van der Waals surface area contributed by atoms with Crippen LogP contribution >= 0.6 is 0 Å². The molecule has 5 nitrogen and oxygen atoms in total. The molecule has 1 unspecified atom stereocenters. The first-order valence-electron chi connectivity index (χ1n) is 5.88. The minimum Gasteiger partial charge on any atom is -0.339 e. The van der Waals surface area contributed by atoms with E-state index < -0.39 is 11.6 Å². The number of amidine groups is 1. The molecule has 0 saturated carbocycles. The molecular formula is C14H19N3O2. The van der Waals surface area contributed by atoms with Crippen molar-refractivity contribution >= 4 is 17.4 Å². The molecule has 1 rings (SSSR count). The predicted molar refractivity (Wildman–Crippen MR) is 76.0 cm³/mol. The highest BCUT2D eigenvalue weighted by molar-refractivity contribution is 6.51. The lowest BCUT2D eigenvalue weighted by molar-refractivity contribution is -0.132. The number of likely N-dealkylation sites (N-methyl/N-ethyl adjacent to an activating group) is 1. The SMILES string of the molecule is C=C1C=C(NC(=NC)C(C)N(C)C)C(=O)C(=O)C1=C. The summed E-state index contributed by atoms with van der Waals surface area (Å²) in [5.41, 5.74) is 0.781. The number of carbonyl (C=O) groups excluding carboxylic acids is 2. The van der Waals surface area contributed by atoms with Gasteiger partial charge in [0.15, 0.2) is 0 Å². The topological polar surface area (TPSA) is 61.8 Å². The standard InChI is InChI=1S/C14H19N3O2/c1-8-7-11(13(19)12(18)9(8)2)16-14(15-4)10(3)17(5)6/h7,10H,1-2H2,3-6H3,(H,15,16). The third kappa shape index (κ3) is 3.06. The second kappa shape index (κ2) is 5.75. The fourth-order valence-corrected chi connectivity index (χ4v) is 1.55. The van der Waals surface area contributed by atoms with Gasteiger partial charge in [-0.3, -0.25) is 19.5 Å². The van der Waals surface area contributed by atoms with E-state index in [9.17, 15) is 9.59 Å². The molecule has 0 saturated heterocycles. The van der Waals surface area contributed by atoms with Gasteiger partial charge in [-0.15, -0.1) is 0 Å². The number of rotatable bonds is 3. The summed E-state index contributed by atoms with van der Waals surface area (Å²) in [5, 5.41) is 2.92. The first-order valence-corrected chi connectivity index (χ1v) is 5.88. The zero-order valence-electron chi connectivity index (χ0n) is 11.8. The zero-order chi connectivity index (χ0) is 14.7. The number of hydrogen-bond donors (Lipinski definition) is 1. The molecule has 19 heavy (non-hydrogen) atoms. The third-order valence-corrected chi connectivity index (χ3v) is 3.11. The van der Waals surface area contributed by atoms with Crippen molar-refractivity contribution in [2.45, 2.75) is 13.0 Å². The van der Waals surface area contributed by atoms with Crippen molar-refractivity contribution in [2.75, 3.05) is 21.1 Å². The van der Waals surface area contributed by atoms with Crippen LogP contribution in [0, 0.1) is 0 Å². The molecule has 0 amide bonds. The Morgan fingerprint density at radius 1 is 1.32 bits per heavy atom. The van der Waals surface area contributed by atoms with E-state index in [-0.39, 0.29) is 17.3 Å². The number of Topliss-reactive ketones (excluding diaryl/α,β-unsaturated/α-hetero) is 2. The van der Waals surface area contributed by atoms with Crippen LogP contribution in [0.5, 0.6) is 0 Å². The Hall–Kier alpha value is -2.01. The molecule has 0 aliphatic heterocycles. The monoisotopic (exact) mass is 261 g/mol. The molecule has 0 aromatic carbocycles. The molecule has 0 spiro atoms. The van der Waals surface area contributed by atoms with Crippen LogP contribution < -0.4 is 5.32 Å². The normalized spacial score (nSPS) is 18.8. The zero-order valence-corrected chi connectivity index (χ0v) is 11.8. The summed E-state index contributed by atoms with van der Waals surface area (Å²) >= 11 is 0. The minimum atomic E-state index is -0.622. The molecule has 1 atom stereocenters. The molecule has 1 N–H and O–H groups in total. The van der Waals surface area contributed by atoms with Gasteiger partial charge in [0, 0.05) is 12.6 Å². The molecule has 0 heterocycles. The van der Waals surface area contributed by atoms with Gasteiger partial charge in [0.1, 0.15) is 5.84 Å². The summed E-state index contributed by atoms with van der Waals surface area (Å²) in [6, 6.07) is -0.00723. The van der Waals surface area contributed by atoms with E-state index in [1.165, 1.54) is 6.08 Å². The molecule has 0 fully saturated rings. The Kier molecular flexibility index (Phi) is 4.56. The van der Waals surface area contributed by atoms with Gasteiger partial charge in [-0.25, -0.2) is 0 Å². The molecule has 0 aromatic rings. The average Bonchev–Trinajstić information content (AvgIpc) is 2.38. The lowest BCUT2D eigenvalue weighted by atomic mass is 9.93.